The van der Waals surface area contributed by atoms with E-state index in [1.54, 1.807) is 30.8 Å². The number of likely N-dealkylation sites (tertiary alicyclic amines) is 1. The minimum absolute atomic E-state index is 0.0915. The largest absolute Gasteiger partial charge is 0.384 e. The van der Waals surface area contributed by atoms with Gasteiger partial charge in [0.25, 0.3) is 0 Å². The van der Waals surface area contributed by atoms with E-state index >= 15 is 0 Å². The van der Waals surface area contributed by atoms with Gasteiger partial charge in [-0.05, 0) is 43.7 Å². The lowest BCUT2D eigenvalue weighted by Gasteiger charge is -2.34. The van der Waals surface area contributed by atoms with E-state index in [0.29, 0.717) is 11.8 Å². The Hall–Kier alpha value is -1.79. The highest BCUT2D eigenvalue weighted by Crippen LogP contribution is 2.35. The molecule has 5 nitrogen and oxygen atoms in total. The first-order valence-electron chi connectivity index (χ1n) is 9.41. The Labute approximate surface area is 158 Å². The van der Waals surface area contributed by atoms with Gasteiger partial charge < -0.3 is 9.64 Å². The molecule has 138 valence electrons. The normalized spacial score (nSPS) is 20.8. The van der Waals surface area contributed by atoms with E-state index in [9.17, 15) is 4.79 Å². The van der Waals surface area contributed by atoms with E-state index in [-0.39, 0.29) is 5.92 Å². The molecule has 1 aliphatic carbocycles. The van der Waals surface area contributed by atoms with Crippen LogP contribution in [0.4, 0.5) is 0 Å². The number of thiazole rings is 1. The standard InChI is InChI=1S/C20H25N3O2S/c1-25-13-14-6-10-23(11-7-14)20(24)16-2-3-18-17(12-16)22-19(26-18)15-4-8-21-9-5-15/h4-5,8-9,14,16H,2-3,6-7,10-13H2,1H3. The van der Waals surface area contributed by atoms with E-state index in [4.69, 9.17) is 9.72 Å². The van der Waals surface area contributed by atoms with Crippen molar-refractivity contribution in [3.05, 3.63) is 35.1 Å². The number of carbonyl (C=O) groups is 1. The molecule has 0 N–H and O–H groups in total. The van der Waals surface area contributed by atoms with Gasteiger partial charge in [-0.3, -0.25) is 9.78 Å². The van der Waals surface area contributed by atoms with Crippen LogP contribution in [0.1, 0.15) is 29.8 Å². The molecule has 1 fully saturated rings. The zero-order valence-electron chi connectivity index (χ0n) is 15.2. The Balaban J connectivity index is 1.41. The molecule has 6 heteroatoms. The van der Waals surface area contributed by atoms with Crippen LogP contribution in [0, 0.1) is 11.8 Å². The highest BCUT2D eigenvalue weighted by molar-refractivity contribution is 7.15. The van der Waals surface area contributed by atoms with Gasteiger partial charge in [0.2, 0.25) is 5.91 Å². The predicted octanol–water partition coefficient (Wildman–Crippen LogP) is 3.20. The molecule has 2 aromatic rings. The lowest BCUT2D eigenvalue weighted by Crippen LogP contribution is -2.43. The average molecular weight is 372 g/mol. The Morgan fingerprint density at radius 1 is 1.27 bits per heavy atom. The second-order valence-corrected chi connectivity index (χ2v) is 8.37. The fourth-order valence-corrected chi connectivity index (χ4v) is 5.13. The monoisotopic (exact) mass is 371 g/mol. The van der Waals surface area contributed by atoms with Crippen molar-refractivity contribution in [2.24, 2.45) is 11.8 Å². The molecular weight excluding hydrogens is 346 g/mol. The minimum Gasteiger partial charge on any atom is -0.384 e. The summed E-state index contributed by atoms with van der Waals surface area (Å²) in [6.45, 7) is 2.55. The minimum atomic E-state index is 0.0915. The first-order valence-corrected chi connectivity index (χ1v) is 10.2. The van der Waals surface area contributed by atoms with Crippen molar-refractivity contribution < 1.29 is 9.53 Å². The summed E-state index contributed by atoms with van der Waals surface area (Å²) in [5.74, 6) is 1.02. The second kappa shape index (κ2) is 7.84. The number of fused-ring (bicyclic) bond motifs is 1. The molecule has 0 aromatic carbocycles. The molecule has 0 spiro atoms. The van der Waals surface area contributed by atoms with E-state index in [1.807, 2.05) is 12.1 Å². The molecule has 1 unspecified atom stereocenters. The van der Waals surface area contributed by atoms with Crippen molar-refractivity contribution in [3.63, 3.8) is 0 Å². The third-order valence-electron chi connectivity index (χ3n) is 5.54. The predicted molar refractivity (Wildman–Crippen MR) is 102 cm³/mol. The molecule has 1 atom stereocenters. The fourth-order valence-electron chi connectivity index (χ4n) is 4.02. The molecule has 0 bridgehead atoms. The summed E-state index contributed by atoms with van der Waals surface area (Å²) >= 11 is 1.77. The van der Waals surface area contributed by atoms with Crippen molar-refractivity contribution in [2.45, 2.75) is 32.1 Å². The summed E-state index contributed by atoms with van der Waals surface area (Å²) in [5.41, 5.74) is 2.24. The SMILES string of the molecule is COCC1CCN(C(=O)C2CCc3sc(-c4ccncc4)nc3C2)CC1. The maximum Gasteiger partial charge on any atom is 0.226 e. The number of carbonyl (C=O) groups excluding carboxylic acids is 1. The van der Waals surface area contributed by atoms with Gasteiger partial charge in [-0.1, -0.05) is 0 Å². The molecule has 1 saturated heterocycles. The lowest BCUT2D eigenvalue weighted by molar-refractivity contribution is -0.137. The molecule has 2 aromatic heterocycles. The summed E-state index contributed by atoms with van der Waals surface area (Å²) in [7, 11) is 1.76. The van der Waals surface area contributed by atoms with E-state index in [0.717, 1.165) is 68.1 Å². The van der Waals surface area contributed by atoms with Gasteiger partial charge in [0.1, 0.15) is 5.01 Å². The summed E-state index contributed by atoms with van der Waals surface area (Å²) in [6.07, 6.45) is 8.41. The van der Waals surface area contributed by atoms with Gasteiger partial charge in [0.05, 0.1) is 5.69 Å². The van der Waals surface area contributed by atoms with Crippen LogP contribution in [0.3, 0.4) is 0 Å². The van der Waals surface area contributed by atoms with E-state index < -0.39 is 0 Å². The van der Waals surface area contributed by atoms with Crippen LogP contribution >= 0.6 is 11.3 Å². The summed E-state index contributed by atoms with van der Waals surface area (Å²) in [5, 5.41) is 1.05. The summed E-state index contributed by atoms with van der Waals surface area (Å²) < 4.78 is 5.26. The Morgan fingerprint density at radius 2 is 2.04 bits per heavy atom. The van der Waals surface area contributed by atoms with E-state index in [2.05, 4.69) is 9.88 Å². The van der Waals surface area contributed by atoms with Gasteiger partial charge in [-0.25, -0.2) is 4.98 Å². The van der Waals surface area contributed by atoms with Crippen molar-refractivity contribution in [1.29, 1.82) is 0 Å². The number of ether oxygens (including phenoxy) is 1. The summed E-state index contributed by atoms with van der Waals surface area (Å²) in [6, 6.07) is 3.99. The third-order valence-corrected chi connectivity index (χ3v) is 6.75. The fraction of sp³-hybridized carbons (Fsp3) is 0.550. The van der Waals surface area contributed by atoms with E-state index in [1.165, 1.54) is 4.88 Å². The molecular formula is C20H25N3O2S. The lowest BCUT2D eigenvalue weighted by atomic mass is 9.88. The number of aromatic nitrogens is 2. The Morgan fingerprint density at radius 3 is 2.77 bits per heavy atom. The molecule has 0 radical (unpaired) electrons. The third kappa shape index (κ3) is 3.67. The molecule has 4 rings (SSSR count). The van der Waals surface area contributed by atoms with Crippen LogP contribution in [-0.4, -0.2) is 47.6 Å². The number of pyridine rings is 1. The number of methoxy groups -OCH3 is 1. The van der Waals surface area contributed by atoms with Crippen molar-refractivity contribution in [3.8, 4) is 10.6 Å². The van der Waals surface area contributed by atoms with Gasteiger partial charge in [-0.2, -0.15) is 0 Å². The Kier molecular flexibility index (Phi) is 5.31. The highest BCUT2D eigenvalue weighted by atomic mass is 32.1. The first kappa shape index (κ1) is 17.6. The van der Waals surface area contributed by atoms with Crippen molar-refractivity contribution >= 4 is 17.2 Å². The van der Waals surface area contributed by atoms with Gasteiger partial charge in [0.15, 0.2) is 0 Å². The van der Waals surface area contributed by atoms with Gasteiger partial charge in [0, 0.05) is 62.0 Å². The van der Waals surface area contributed by atoms with Gasteiger partial charge in [-0.15, -0.1) is 11.3 Å². The smallest absolute Gasteiger partial charge is 0.226 e. The first-order chi connectivity index (χ1) is 12.7. The number of hydrogen-bond acceptors (Lipinski definition) is 5. The second-order valence-electron chi connectivity index (χ2n) is 7.29. The number of hydrogen-bond donors (Lipinski definition) is 0. The maximum atomic E-state index is 13.0. The highest BCUT2D eigenvalue weighted by Gasteiger charge is 2.32. The maximum absolute atomic E-state index is 13.0. The number of nitrogens with zero attached hydrogens (tertiary/aromatic N) is 3. The zero-order valence-corrected chi connectivity index (χ0v) is 16.0. The summed E-state index contributed by atoms with van der Waals surface area (Å²) in [4.78, 5) is 25.3. The van der Waals surface area contributed by atoms with Crippen LogP contribution in [0.25, 0.3) is 10.6 Å². The molecule has 1 aliphatic heterocycles. The van der Waals surface area contributed by atoms with Crippen LogP contribution in [0.5, 0.6) is 0 Å². The quantitative estimate of drug-likeness (QED) is 0.828. The molecule has 2 aliphatic rings. The number of aryl methyl sites for hydroxylation is 1. The number of amides is 1. The number of piperidine rings is 1. The van der Waals surface area contributed by atoms with Crippen LogP contribution in [-0.2, 0) is 22.4 Å². The Bertz CT molecular complexity index is 754. The molecule has 0 saturated carbocycles. The van der Waals surface area contributed by atoms with Crippen molar-refractivity contribution in [1.82, 2.24) is 14.9 Å². The van der Waals surface area contributed by atoms with Crippen molar-refractivity contribution in [2.75, 3.05) is 26.8 Å². The van der Waals surface area contributed by atoms with Crippen LogP contribution in [0.2, 0.25) is 0 Å². The molecule has 3 heterocycles. The van der Waals surface area contributed by atoms with Gasteiger partial charge >= 0.3 is 0 Å². The van der Waals surface area contributed by atoms with Crippen LogP contribution in [0.15, 0.2) is 24.5 Å². The zero-order chi connectivity index (χ0) is 17.9. The topological polar surface area (TPSA) is 55.3 Å². The number of rotatable bonds is 4. The molecule has 1 amide bonds. The molecule has 26 heavy (non-hydrogen) atoms. The van der Waals surface area contributed by atoms with Crippen LogP contribution < -0.4 is 0 Å². The average Bonchev–Trinajstić information content (AvgIpc) is 3.12.